The molecule has 0 saturated heterocycles. The molecule has 3 aromatic carbocycles. The summed E-state index contributed by atoms with van der Waals surface area (Å²) in [5.74, 6) is 1.48. The molecule has 36 heavy (non-hydrogen) atoms. The molecule has 0 radical (unpaired) electrons. The van der Waals surface area contributed by atoms with Crippen LogP contribution in [0.5, 0.6) is 5.75 Å². The summed E-state index contributed by atoms with van der Waals surface area (Å²) in [7, 11) is 0. The molecule has 1 saturated carbocycles. The first-order valence-corrected chi connectivity index (χ1v) is 12.8. The number of fused-ring (bicyclic) bond motifs is 1. The second-order valence-electron chi connectivity index (χ2n) is 11.0. The Kier molecular flexibility index (Phi) is 6.57. The quantitative estimate of drug-likeness (QED) is 0.305. The van der Waals surface area contributed by atoms with Gasteiger partial charge in [-0.05, 0) is 85.0 Å². The Morgan fingerprint density at radius 1 is 0.972 bits per heavy atom. The lowest BCUT2D eigenvalue weighted by Crippen LogP contribution is -2.27. The van der Waals surface area contributed by atoms with Gasteiger partial charge >= 0.3 is 5.97 Å². The van der Waals surface area contributed by atoms with E-state index in [4.69, 9.17) is 9.72 Å². The predicted molar refractivity (Wildman–Crippen MR) is 143 cm³/mol. The number of rotatable bonds is 6. The third-order valence-corrected chi connectivity index (χ3v) is 7.58. The molecule has 5 nitrogen and oxygen atoms in total. The highest BCUT2D eigenvalue weighted by atomic mass is 16.5. The molecule has 0 amide bonds. The number of aromatic nitrogens is 2. The molecule has 1 aliphatic carbocycles. The lowest BCUT2D eigenvalue weighted by atomic mass is 9.71. The predicted octanol–water partition coefficient (Wildman–Crippen LogP) is 7.76. The number of carboxylic acid groups (broad SMARTS) is 1. The number of ether oxygens (including phenoxy) is 1. The van der Waals surface area contributed by atoms with Gasteiger partial charge in [-0.2, -0.15) is 0 Å². The average molecular weight is 483 g/mol. The lowest BCUT2D eigenvalue weighted by molar-refractivity contribution is 0.0697. The molecule has 0 bridgehead atoms. The van der Waals surface area contributed by atoms with E-state index in [1.54, 1.807) is 12.1 Å². The Balaban J connectivity index is 1.46. The zero-order valence-corrected chi connectivity index (χ0v) is 21.3. The third kappa shape index (κ3) is 5.01. The Morgan fingerprint density at radius 2 is 1.67 bits per heavy atom. The van der Waals surface area contributed by atoms with Gasteiger partial charge in [0.2, 0.25) is 0 Å². The van der Waals surface area contributed by atoms with E-state index < -0.39 is 5.97 Å². The minimum Gasteiger partial charge on any atom is -0.489 e. The molecule has 1 N–H and O–H groups in total. The SMILES string of the molecule is CC(C)(C)[C@H]1CC[C@H](n2c(-c3ccc(OCc4ccccc4)cc3)nc3cc(C(=O)O)ccc32)CC1. The van der Waals surface area contributed by atoms with Gasteiger partial charge in [-0.15, -0.1) is 0 Å². The molecule has 0 aliphatic heterocycles. The van der Waals surface area contributed by atoms with Crippen molar-refractivity contribution in [3.63, 3.8) is 0 Å². The first kappa shape index (κ1) is 24.1. The normalized spacial score (nSPS) is 18.3. The number of hydrogen-bond donors (Lipinski definition) is 1. The van der Waals surface area contributed by atoms with Gasteiger partial charge in [0.05, 0.1) is 16.6 Å². The zero-order valence-electron chi connectivity index (χ0n) is 21.3. The van der Waals surface area contributed by atoms with Crippen LogP contribution in [-0.4, -0.2) is 20.6 Å². The Morgan fingerprint density at radius 3 is 2.31 bits per heavy atom. The highest BCUT2D eigenvalue weighted by Gasteiger charge is 2.32. The minimum atomic E-state index is -0.932. The highest BCUT2D eigenvalue weighted by molar-refractivity contribution is 5.93. The van der Waals surface area contributed by atoms with Crippen LogP contribution >= 0.6 is 0 Å². The summed E-state index contributed by atoms with van der Waals surface area (Å²) in [6.45, 7) is 7.54. The van der Waals surface area contributed by atoms with Crippen molar-refractivity contribution < 1.29 is 14.6 Å². The summed E-state index contributed by atoms with van der Waals surface area (Å²) in [6.07, 6.45) is 4.57. The van der Waals surface area contributed by atoms with Crippen molar-refractivity contribution in [3.05, 3.63) is 83.9 Å². The number of benzene rings is 3. The van der Waals surface area contributed by atoms with Gasteiger partial charge in [0.15, 0.2) is 0 Å². The number of carbonyl (C=O) groups is 1. The topological polar surface area (TPSA) is 64.4 Å². The van der Waals surface area contributed by atoms with Crippen LogP contribution < -0.4 is 4.74 Å². The van der Waals surface area contributed by atoms with Crippen LogP contribution in [0.1, 0.15) is 68.4 Å². The van der Waals surface area contributed by atoms with Crippen molar-refractivity contribution in [1.29, 1.82) is 0 Å². The van der Waals surface area contributed by atoms with Crippen LogP contribution in [0.25, 0.3) is 22.4 Å². The van der Waals surface area contributed by atoms with Crippen molar-refractivity contribution in [1.82, 2.24) is 9.55 Å². The summed E-state index contributed by atoms with van der Waals surface area (Å²) >= 11 is 0. The van der Waals surface area contributed by atoms with Gasteiger partial charge in [-0.3, -0.25) is 0 Å². The first-order chi connectivity index (χ1) is 17.3. The van der Waals surface area contributed by atoms with E-state index in [0.717, 1.165) is 46.6 Å². The fraction of sp³-hybridized carbons (Fsp3) is 0.355. The Labute approximate surface area is 212 Å². The monoisotopic (exact) mass is 482 g/mol. The molecule has 0 atom stereocenters. The standard InChI is InChI=1S/C31H34N2O3/c1-31(2,3)24-12-14-25(15-13-24)33-28-18-11-23(30(34)35)19-27(28)32-29(33)22-9-16-26(17-10-22)36-20-21-7-5-4-6-8-21/h4-11,16-19,24-25H,12-15,20H2,1-3H3,(H,34,35)/t24-,25-. The van der Waals surface area contributed by atoms with Crippen LogP contribution in [0.3, 0.4) is 0 Å². The van der Waals surface area contributed by atoms with Crippen LogP contribution in [0, 0.1) is 11.3 Å². The summed E-state index contributed by atoms with van der Waals surface area (Å²) in [4.78, 5) is 16.5. The summed E-state index contributed by atoms with van der Waals surface area (Å²) in [6, 6.07) is 23.8. The van der Waals surface area contributed by atoms with Crippen molar-refractivity contribution in [3.8, 4) is 17.1 Å². The van der Waals surface area contributed by atoms with Gasteiger partial charge in [0, 0.05) is 11.6 Å². The molecule has 1 fully saturated rings. The van der Waals surface area contributed by atoms with Gasteiger partial charge in [0.1, 0.15) is 18.2 Å². The first-order valence-electron chi connectivity index (χ1n) is 12.8. The van der Waals surface area contributed by atoms with Crippen molar-refractivity contribution in [2.24, 2.45) is 11.3 Å². The fourth-order valence-electron chi connectivity index (χ4n) is 5.45. The van der Waals surface area contributed by atoms with E-state index in [0.29, 0.717) is 24.0 Å². The van der Waals surface area contributed by atoms with E-state index >= 15 is 0 Å². The van der Waals surface area contributed by atoms with Crippen LogP contribution in [0.15, 0.2) is 72.8 Å². The summed E-state index contributed by atoms with van der Waals surface area (Å²) in [5.41, 5.74) is 4.44. The fourth-order valence-corrected chi connectivity index (χ4v) is 5.45. The smallest absolute Gasteiger partial charge is 0.335 e. The number of hydrogen-bond acceptors (Lipinski definition) is 3. The van der Waals surface area contributed by atoms with Crippen molar-refractivity contribution in [2.75, 3.05) is 0 Å². The molecule has 0 spiro atoms. The molecule has 1 aliphatic rings. The third-order valence-electron chi connectivity index (χ3n) is 7.58. The van der Waals surface area contributed by atoms with E-state index in [9.17, 15) is 9.90 Å². The average Bonchev–Trinajstić information content (AvgIpc) is 3.27. The number of carboxylic acids is 1. The maximum Gasteiger partial charge on any atom is 0.335 e. The molecular weight excluding hydrogens is 448 g/mol. The van der Waals surface area contributed by atoms with Gasteiger partial charge in [0.25, 0.3) is 0 Å². The van der Waals surface area contributed by atoms with Gasteiger partial charge in [-0.25, -0.2) is 9.78 Å². The van der Waals surface area contributed by atoms with Gasteiger partial charge in [-0.1, -0.05) is 51.1 Å². The van der Waals surface area contributed by atoms with E-state index in [1.807, 2.05) is 36.4 Å². The molecule has 5 rings (SSSR count). The van der Waals surface area contributed by atoms with Crippen LogP contribution in [0.2, 0.25) is 0 Å². The molecule has 1 aromatic heterocycles. The van der Waals surface area contributed by atoms with Crippen molar-refractivity contribution >= 4 is 17.0 Å². The van der Waals surface area contributed by atoms with E-state index in [2.05, 4.69) is 49.6 Å². The summed E-state index contributed by atoms with van der Waals surface area (Å²) < 4.78 is 8.33. The largest absolute Gasteiger partial charge is 0.489 e. The Bertz CT molecular complexity index is 1340. The second kappa shape index (κ2) is 9.81. The van der Waals surface area contributed by atoms with E-state index in [1.165, 1.54) is 12.8 Å². The number of imidazole rings is 1. The number of nitrogens with zero attached hydrogens (tertiary/aromatic N) is 2. The van der Waals surface area contributed by atoms with Crippen LogP contribution in [-0.2, 0) is 6.61 Å². The minimum absolute atomic E-state index is 0.264. The molecule has 5 heteroatoms. The van der Waals surface area contributed by atoms with Crippen LogP contribution in [0.4, 0.5) is 0 Å². The Hall–Kier alpha value is -3.60. The molecule has 4 aromatic rings. The maximum absolute atomic E-state index is 11.6. The zero-order chi connectivity index (χ0) is 25.3. The van der Waals surface area contributed by atoms with Crippen molar-refractivity contribution in [2.45, 2.75) is 59.1 Å². The maximum atomic E-state index is 11.6. The van der Waals surface area contributed by atoms with E-state index in [-0.39, 0.29) is 5.56 Å². The van der Waals surface area contributed by atoms with Gasteiger partial charge < -0.3 is 14.4 Å². The lowest BCUT2D eigenvalue weighted by Gasteiger charge is -2.38. The molecule has 1 heterocycles. The molecular formula is C31H34N2O3. The summed E-state index contributed by atoms with van der Waals surface area (Å²) in [5, 5.41) is 9.51. The number of aromatic carboxylic acids is 1. The molecule has 186 valence electrons. The molecule has 0 unspecified atom stereocenters. The highest BCUT2D eigenvalue weighted by Crippen LogP contribution is 2.43. The second-order valence-corrected chi connectivity index (χ2v) is 11.0.